The normalized spacial score (nSPS) is 10.4. The van der Waals surface area contributed by atoms with Crippen molar-refractivity contribution >= 4 is 34.7 Å². The Morgan fingerprint density at radius 1 is 1.18 bits per heavy atom. The number of thiophene rings is 1. The minimum atomic E-state index is -0.0952. The lowest BCUT2D eigenvalue weighted by Crippen LogP contribution is -2.14. The van der Waals surface area contributed by atoms with Crippen molar-refractivity contribution in [2.24, 2.45) is 0 Å². The molecule has 0 aliphatic heterocycles. The monoisotopic (exact) mass is 328 g/mol. The number of carbonyl (C=O) groups is 1. The van der Waals surface area contributed by atoms with E-state index in [-0.39, 0.29) is 11.7 Å². The number of pyridine rings is 1. The van der Waals surface area contributed by atoms with Crippen LogP contribution in [0, 0.1) is 0 Å². The molecule has 0 saturated heterocycles. The molecule has 0 radical (unpaired) electrons. The molecule has 0 fully saturated rings. The van der Waals surface area contributed by atoms with E-state index in [0.717, 1.165) is 15.6 Å². The first-order valence-electron chi connectivity index (χ1n) is 6.51. The summed E-state index contributed by atoms with van der Waals surface area (Å²) in [4.78, 5) is 16.9. The number of nitrogens with one attached hydrogen (secondary N) is 1. The number of aromatic nitrogens is 3. The summed E-state index contributed by atoms with van der Waals surface area (Å²) in [6.45, 7) is 0. The van der Waals surface area contributed by atoms with Crippen LogP contribution in [-0.4, -0.2) is 26.8 Å². The number of hydrogen-bond donors (Lipinski definition) is 1. The summed E-state index contributed by atoms with van der Waals surface area (Å²) in [5.74, 6) is 0.184. The Labute approximate surface area is 135 Å². The van der Waals surface area contributed by atoms with Crippen molar-refractivity contribution in [1.29, 1.82) is 0 Å². The Morgan fingerprint density at radius 2 is 2.14 bits per heavy atom. The lowest BCUT2D eigenvalue weighted by Gasteiger charge is -2.04. The third-order valence-electron chi connectivity index (χ3n) is 2.71. The molecule has 0 atom stereocenters. The lowest BCUT2D eigenvalue weighted by atomic mass is 10.3. The Kier molecular flexibility index (Phi) is 4.77. The third-order valence-corrected chi connectivity index (χ3v) is 4.52. The van der Waals surface area contributed by atoms with Crippen LogP contribution < -0.4 is 5.32 Å². The number of anilines is 1. The van der Waals surface area contributed by atoms with Gasteiger partial charge in [0.05, 0.1) is 22.5 Å². The van der Waals surface area contributed by atoms with E-state index in [9.17, 15) is 4.79 Å². The predicted molar refractivity (Wildman–Crippen MR) is 88.9 cm³/mol. The van der Waals surface area contributed by atoms with Gasteiger partial charge in [0.15, 0.2) is 0 Å². The van der Waals surface area contributed by atoms with Gasteiger partial charge in [-0.1, -0.05) is 17.8 Å². The molecule has 0 saturated carbocycles. The second kappa shape index (κ2) is 7.15. The van der Waals surface area contributed by atoms with E-state index in [0.29, 0.717) is 5.69 Å². The van der Waals surface area contributed by atoms with E-state index >= 15 is 0 Å². The quantitative estimate of drug-likeness (QED) is 0.728. The molecule has 0 aliphatic carbocycles. The average Bonchev–Trinajstić information content (AvgIpc) is 3.09. The van der Waals surface area contributed by atoms with Gasteiger partial charge in [0, 0.05) is 6.20 Å². The molecule has 0 spiro atoms. The van der Waals surface area contributed by atoms with Gasteiger partial charge in [-0.2, -0.15) is 0 Å². The Bertz CT molecular complexity index is 730. The molecule has 3 rings (SSSR count). The maximum atomic E-state index is 11.8. The van der Waals surface area contributed by atoms with Crippen LogP contribution in [0.4, 0.5) is 5.69 Å². The number of amides is 1. The molecular weight excluding hydrogens is 316 g/mol. The van der Waals surface area contributed by atoms with Gasteiger partial charge in [-0.05, 0) is 35.7 Å². The van der Waals surface area contributed by atoms with Gasteiger partial charge in [-0.15, -0.1) is 21.5 Å². The SMILES string of the molecule is O=C(CSc1ccc(-c2cccs2)nn1)Nc1cccnc1. The molecule has 110 valence electrons. The van der Waals surface area contributed by atoms with Crippen molar-refractivity contribution in [1.82, 2.24) is 15.2 Å². The highest BCUT2D eigenvalue weighted by Gasteiger charge is 2.06. The molecule has 0 aliphatic rings. The molecule has 22 heavy (non-hydrogen) atoms. The second-order valence-corrected chi connectivity index (χ2v) is 6.26. The lowest BCUT2D eigenvalue weighted by molar-refractivity contribution is -0.113. The molecule has 5 nitrogen and oxygen atoms in total. The molecule has 0 aromatic carbocycles. The Hall–Kier alpha value is -2.25. The fraction of sp³-hybridized carbons (Fsp3) is 0.0667. The fourth-order valence-corrected chi connectivity index (χ4v) is 3.03. The van der Waals surface area contributed by atoms with Gasteiger partial charge in [0.1, 0.15) is 10.7 Å². The van der Waals surface area contributed by atoms with Gasteiger partial charge in [0.25, 0.3) is 0 Å². The first kappa shape index (κ1) is 14.7. The highest BCUT2D eigenvalue weighted by Crippen LogP contribution is 2.23. The van der Waals surface area contributed by atoms with Crippen molar-refractivity contribution in [3.63, 3.8) is 0 Å². The number of hydrogen-bond acceptors (Lipinski definition) is 6. The summed E-state index contributed by atoms with van der Waals surface area (Å²) in [7, 11) is 0. The van der Waals surface area contributed by atoms with E-state index in [1.165, 1.54) is 11.8 Å². The zero-order valence-corrected chi connectivity index (χ0v) is 13.1. The van der Waals surface area contributed by atoms with Crippen LogP contribution in [0.3, 0.4) is 0 Å². The van der Waals surface area contributed by atoms with E-state index in [2.05, 4.69) is 20.5 Å². The maximum absolute atomic E-state index is 11.8. The standard InChI is InChI=1S/C15H12N4OS2/c20-14(17-11-3-1-7-16-9-11)10-22-15-6-5-12(18-19-15)13-4-2-8-21-13/h1-9H,10H2,(H,17,20). The number of carbonyl (C=O) groups excluding carboxylic acids is 1. The van der Waals surface area contributed by atoms with E-state index in [1.54, 1.807) is 35.9 Å². The van der Waals surface area contributed by atoms with Crippen molar-refractivity contribution < 1.29 is 4.79 Å². The van der Waals surface area contributed by atoms with E-state index < -0.39 is 0 Å². The summed E-state index contributed by atoms with van der Waals surface area (Å²) >= 11 is 2.97. The molecular formula is C15H12N4OS2. The van der Waals surface area contributed by atoms with Gasteiger partial charge in [-0.3, -0.25) is 9.78 Å². The molecule has 0 bridgehead atoms. The van der Waals surface area contributed by atoms with Crippen LogP contribution in [0.2, 0.25) is 0 Å². The molecule has 0 unspecified atom stereocenters. The Balaban J connectivity index is 1.54. The highest BCUT2D eigenvalue weighted by molar-refractivity contribution is 7.99. The molecule has 3 aromatic heterocycles. The maximum Gasteiger partial charge on any atom is 0.234 e. The average molecular weight is 328 g/mol. The number of thioether (sulfide) groups is 1. The van der Waals surface area contributed by atoms with Crippen LogP contribution in [-0.2, 0) is 4.79 Å². The number of rotatable bonds is 5. The van der Waals surface area contributed by atoms with Crippen LogP contribution in [0.1, 0.15) is 0 Å². The summed E-state index contributed by atoms with van der Waals surface area (Å²) in [5, 5.41) is 13.8. The largest absolute Gasteiger partial charge is 0.324 e. The topological polar surface area (TPSA) is 67.8 Å². The van der Waals surface area contributed by atoms with Crippen LogP contribution >= 0.6 is 23.1 Å². The summed E-state index contributed by atoms with van der Waals surface area (Å²) in [6, 6.07) is 11.4. The van der Waals surface area contributed by atoms with Crippen molar-refractivity contribution in [2.75, 3.05) is 11.1 Å². The van der Waals surface area contributed by atoms with Gasteiger partial charge in [0.2, 0.25) is 5.91 Å². The van der Waals surface area contributed by atoms with Gasteiger partial charge < -0.3 is 5.32 Å². The molecule has 3 aromatic rings. The smallest absolute Gasteiger partial charge is 0.234 e. The number of nitrogens with zero attached hydrogens (tertiary/aromatic N) is 3. The molecule has 1 amide bonds. The van der Waals surface area contributed by atoms with Crippen LogP contribution in [0.15, 0.2) is 59.2 Å². The third kappa shape index (κ3) is 3.90. The van der Waals surface area contributed by atoms with Crippen LogP contribution in [0.25, 0.3) is 10.6 Å². The summed E-state index contributed by atoms with van der Waals surface area (Å²) in [5.41, 5.74) is 1.53. The van der Waals surface area contributed by atoms with Crippen molar-refractivity contribution in [3.8, 4) is 10.6 Å². The van der Waals surface area contributed by atoms with Crippen molar-refractivity contribution in [3.05, 3.63) is 54.2 Å². The zero-order chi connectivity index (χ0) is 15.2. The minimum absolute atomic E-state index is 0.0952. The van der Waals surface area contributed by atoms with Gasteiger partial charge in [-0.25, -0.2) is 0 Å². The minimum Gasteiger partial charge on any atom is -0.324 e. The van der Waals surface area contributed by atoms with E-state index in [4.69, 9.17) is 0 Å². The first-order valence-corrected chi connectivity index (χ1v) is 8.38. The summed E-state index contributed by atoms with van der Waals surface area (Å²) < 4.78 is 0. The van der Waals surface area contributed by atoms with E-state index in [1.807, 2.05) is 29.6 Å². The molecule has 3 heterocycles. The van der Waals surface area contributed by atoms with Gasteiger partial charge >= 0.3 is 0 Å². The van der Waals surface area contributed by atoms with Crippen molar-refractivity contribution in [2.45, 2.75) is 5.03 Å². The fourth-order valence-electron chi connectivity index (χ4n) is 1.73. The summed E-state index contributed by atoms with van der Waals surface area (Å²) in [6.07, 6.45) is 3.27. The molecule has 7 heteroatoms. The predicted octanol–water partition coefficient (Wildman–Crippen LogP) is 3.33. The zero-order valence-electron chi connectivity index (χ0n) is 11.5. The second-order valence-electron chi connectivity index (χ2n) is 4.31. The molecule has 1 N–H and O–H groups in total. The first-order chi connectivity index (χ1) is 10.8. The van der Waals surface area contributed by atoms with Crippen LogP contribution in [0.5, 0.6) is 0 Å². The highest BCUT2D eigenvalue weighted by atomic mass is 32.2. The Morgan fingerprint density at radius 3 is 2.82 bits per heavy atom.